The second-order valence-electron chi connectivity index (χ2n) is 6.03. The molecule has 144 valence electrons. The van der Waals surface area contributed by atoms with Crippen LogP contribution in [0.5, 0.6) is 0 Å². The number of nitrogens with zero attached hydrogens (tertiary/aromatic N) is 1. The molecule has 1 aliphatic heterocycles. The minimum atomic E-state index is 0. The molecule has 1 saturated heterocycles. The van der Waals surface area contributed by atoms with Gasteiger partial charge in [-0.1, -0.05) is 30.1 Å². The first kappa shape index (κ1) is 24.5. The monoisotopic (exact) mass is 430 g/mol. The molecule has 2 rings (SSSR count). The van der Waals surface area contributed by atoms with Gasteiger partial charge in [-0.15, -0.1) is 24.8 Å². The lowest BCUT2D eigenvalue weighted by molar-refractivity contribution is -0.122. The number of amides is 1. The van der Waals surface area contributed by atoms with E-state index in [9.17, 15) is 4.79 Å². The molecule has 0 saturated carbocycles. The minimum Gasteiger partial charge on any atom is -0.367 e. The lowest BCUT2D eigenvalue weighted by Gasteiger charge is -2.27. The molecule has 9 heteroatoms. The molecule has 3 N–H and O–H groups in total. The third-order valence-electron chi connectivity index (χ3n) is 4.24. The van der Waals surface area contributed by atoms with Crippen LogP contribution in [0.25, 0.3) is 0 Å². The second-order valence-corrected chi connectivity index (χ2v) is 6.87. The Labute approximate surface area is 171 Å². The Balaban J connectivity index is 0.00000288. The number of carbonyl (C=O) groups is 1. The van der Waals surface area contributed by atoms with Crippen molar-refractivity contribution in [3.63, 3.8) is 0 Å². The number of hydrogen-bond acceptors (Lipinski definition) is 4. The fourth-order valence-corrected chi connectivity index (χ4v) is 3.32. The lowest BCUT2D eigenvalue weighted by Crippen LogP contribution is -2.34. The summed E-state index contributed by atoms with van der Waals surface area (Å²) < 4.78 is 0. The topological polar surface area (TPSA) is 66.0 Å². The number of hydrogen-bond donors (Lipinski definition) is 3. The first-order valence-corrected chi connectivity index (χ1v) is 8.84. The van der Waals surface area contributed by atoms with E-state index in [1.807, 2.05) is 0 Å². The van der Waals surface area contributed by atoms with Crippen LogP contribution < -0.4 is 16.0 Å². The van der Waals surface area contributed by atoms with Gasteiger partial charge >= 0.3 is 0 Å². The predicted octanol–water partition coefficient (Wildman–Crippen LogP) is 3.79. The average molecular weight is 432 g/mol. The minimum absolute atomic E-state index is 0. The van der Waals surface area contributed by atoms with Gasteiger partial charge < -0.3 is 16.0 Å². The van der Waals surface area contributed by atoms with E-state index >= 15 is 0 Å². The first-order chi connectivity index (χ1) is 11.1. The number of carbonyl (C=O) groups excluding carboxylic acids is 1. The van der Waals surface area contributed by atoms with Crippen molar-refractivity contribution in [3.05, 3.63) is 22.3 Å². The SMILES string of the molecule is CC(CC(=O)NCCNc1ncc(Cl)cc1Cl)C1CCNCC1.Cl.Cl. The molecule has 1 aromatic heterocycles. The highest BCUT2D eigenvalue weighted by atomic mass is 35.5. The molecule has 1 aliphatic rings. The van der Waals surface area contributed by atoms with Gasteiger partial charge in [0.25, 0.3) is 0 Å². The highest BCUT2D eigenvalue weighted by molar-refractivity contribution is 6.35. The summed E-state index contributed by atoms with van der Waals surface area (Å²) >= 11 is 11.8. The molecule has 2 heterocycles. The van der Waals surface area contributed by atoms with Crippen LogP contribution in [-0.2, 0) is 4.79 Å². The first-order valence-electron chi connectivity index (χ1n) is 8.08. The molecule has 1 aromatic rings. The summed E-state index contributed by atoms with van der Waals surface area (Å²) in [5.74, 6) is 1.76. The number of anilines is 1. The summed E-state index contributed by atoms with van der Waals surface area (Å²) in [6.45, 7) is 5.41. The molecule has 0 aliphatic carbocycles. The zero-order valence-corrected chi connectivity index (χ0v) is 17.3. The lowest BCUT2D eigenvalue weighted by atomic mass is 9.84. The van der Waals surface area contributed by atoms with Crippen molar-refractivity contribution in [1.29, 1.82) is 0 Å². The smallest absolute Gasteiger partial charge is 0.220 e. The predicted molar refractivity (Wildman–Crippen MR) is 110 cm³/mol. The van der Waals surface area contributed by atoms with Gasteiger partial charge in [0.1, 0.15) is 5.82 Å². The van der Waals surface area contributed by atoms with Crippen LogP contribution in [0.2, 0.25) is 10.0 Å². The van der Waals surface area contributed by atoms with Crippen molar-refractivity contribution >= 4 is 59.7 Å². The number of rotatable bonds is 7. The van der Waals surface area contributed by atoms with Gasteiger partial charge in [0.05, 0.1) is 10.0 Å². The summed E-state index contributed by atoms with van der Waals surface area (Å²) in [6.07, 6.45) is 4.45. The Morgan fingerprint density at radius 3 is 2.64 bits per heavy atom. The maximum absolute atomic E-state index is 12.0. The van der Waals surface area contributed by atoms with Crippen molar-refractivity contribution < 1.29 is 4.79 Å². The quantitative estimate of drug-likeness (QED) is 0.574. The van der Waals surface area contributed by atoms with E-state index in [2.05, 4.69) is 27.9 Å². The van der Waals surface area contributed by atoms with Gasteiger partial charge in [-0.25, -0.2) is 4.98 Å². The van der Waals surface area contributed by atoms with Crippen molar-refractivity contribution in [2.75, 3.05) is 31.5 Å². The maximum atomic E-state index is 12.0. The van der Waals surface area contributed by atoms with E-state index in [0.717, 1.165) is 25.9 Å². The maximum Gasteiger partial charge on any atom is 0.220 e. The molecule has 0 radical (unpaired) electrons. The zero-order chi connectivity index (χ0) is 16.7. The zero-order valence-electron chi connectivity index (χ0n) is 14.2. The van der Waals surface area contributed by atoms with Gasteiger partial charge in [0, 0.05) is 25.7 Å². The third-order valence-corrected chi connectivity index (χ3v) is 4.74. The van der Waals surface area contributed by atoms with E-state index in [1.54, 1.807) is 6.07 Å². The summed E-state index contributed by atoms with van der Waals surface area (Å²) in [5, 5.41) is 10.4. The Hall–Kier alpha value is -0.460. The molecule has 1 atom stereocenters. The molecule has 5 nitrogen and oxygen atoms in total. The fourth-order valence-electron chi connectivity index (χ4n) is 2.87. The number of aromatic nitrogens is 1. The molecule has 0 bridgehead atoms. The second kappa shape index (κ2) is 12.8. The molecule has 0 spiro atoms. The van der Waals surface area contributed by atoms with Gasteiger partial charge in [0.2, 0.25) is 5.91 Å². The molecule has 0 aromatic carbocycles. The third kappa shape index (κ3) is 8.65. The largest absolute Gasteiger partial charge is 0.367 e. The van der Waals surface area contributed by atoms with Crippen LogP contribution in [0.4, 0.5) is 5.82 Å². The average Bonchev–Trinajstić information content (AvgIpc) is 2.54. The van der Waals surface area contributed by atoms with Crippen molar-refractivity contribution in [1.82, 2.24) is 15.6 Å². The number of halogens is 4. The Bertz CT molecular complexity index is 527. The molecular weight excluding hydrogens is 406 g/mol. The summed E-state index contributed by atoms with van der Waals surface area (Å²) in [7, 11) is 0. The van der Waals surface area contributed by atoms with Crippen molar-refractivity contribution in [2.45, 2.75) is 26.2 Å². The van der Waals surface area contributed by atoms with Crippen molar-refractivity contribution in [3.8, 4) is 0 Å². The molecule has 1 amide bonds. The Morgan fingerprint density at radius 1 is 1.32 bits per heavy atom. The molecule has 25 heavy (non-hydrogen) atoms. The van der Waals surface area contributed by atoms with Crippen LogP contribution in [0, 0.1) is 11.8 Å². The van der Waals surface area contributed by atoms with Gasteiger partial charge in [-0.2, -0.15) is 0 Å². The van der Waals surface area contributed by atoms with Crippen LogP contribution in [0.1, 0.15) is 26.2 Å². The fraction of sp³-hybridized carbons (Fsp3) is 0.625. The molecular formula is C16H26Cl4N4O. The van der Waals surface area contributed by atoms with Crippen LogP contribution in [-0.4, -0.2) is 37.1 Å². The number of pyridine rings is 1. The van der Waals surface area contributed by atoms with E-state index in [-0.39, 0.29) is 30.7 Å². The van der Waals surface area contributed by atoms with Crippen molar-refractivity contribution in [2.24, 2.45) is 11.8 Å². The summed E-state index contributed by atoms with van der Waals surface area (Å²) in [6, 6.07) is 1.64. The van der Waals surface area contributed by atoms with Crippen LogP contribution in [0.15, 0.2) is 12.3 Å². The van der Waals surface area contributed by atoms with Gasteiger partial charge in [-0.3, -0.25) is 4.79 Å². The van der Waals surface area contributed by atoms with Gasteiger partial charge in [0.15, 0.2) is 0 Å². The van der Waals surface area contributed by atoms with E-state index in [0.29, 0.717) is 47.2 Å². The number of piperidine rings is 1. The highest BCUT2D eigenvalue weighted by Crippen LogP contribution is 2.24. The summed E-state index contributed by atoms with van der Waals surface area (Å²) in [5.41, 5.74) is 0. The molecule has 1 unspecified atom stereocenters. The highest BCUT2D eigenvalue weighted by Gasteiger charge is 2.21. The van der Waals surface area contributed by atoms with Gasteiger partial charge in [-0.05, 0) is 43.8 Å². The van der Waals surface area contributed by atoms with Crippen LogP contribution in [0.3, 0.4) is 0 Å². The Kier molecular flexibility index (Phi) is 12.6. The summed E-state index contributed by atoms with van der Waals surface area (Å²) in [4.78, 5) is 16.1. The van der Waals surface area contributed by atoms with Crippen LogP contribution >= 0.6 is 48.0 Å². The normalized spacial score (nSPS) is 15.5. The number of nitrogens with one attached hydrogen (secondary N) is 3. The Morgan fingerprint density at radius 2 is 2.00 bits per heavy atom. The van der Waals surface area contributed by atoms with E-state index in [4.69, 9.17) is 23.2 Å². The molecule has 1 fully saturated rings. The standard InChI is InChI=1S/C16H24Cl2N4O.2ClH/c1-11(12-2-4-19-5-3-12)8-15(23)20-6-7-21-16-14(18)9-13(17)10-22-16;;/h9-12,19H,2-8H2,1H3,(H,20,23)(H,21,22);2*1H. The van der Waals surface area contributed by atoms with E-state index < -0.39 is 0 Å². The van der Waals surface area contributed by atoms with E-state index in [1.165, 1.54) is 6.20 Å².